The van der Waals surface area contributed by atoms with Gasteiger partial charge in [-0.15, -0.1) is 0 Å². The largest absolute Gasteiger partial charge is 0.460 e. The molecule has 0 aromatic heterocycles. The number of carbonyl (C=O) groups is 2. The summed E-state index contributed by atoms with van der Waals surface area (Å²) in [6.45, 7) is -0.754. The molecule has 16 heteroatoms. The van der Waals surface area contributed by atoms with E-state index in [2.05, 4.69) is 0 Å². The molecule has 35 heavy (non-hydrogen) atoms. The van der Waals surface area contributed by atoms with E-state index in [1.54, 1.807) is 5.32 Å². The molecule has 0 saturated heterocycles. The first-order valence-electron chi connectivity index (χ1n) is 8.90. The number of thioether (sulfide) groups is 1. The number of hydrogen-bond donors (Lipinski definition) is 1. The van der Waals surface area contributed by atoms with Crippen LogP contribution in [0.1, 0.15) is 10.4 Å². The topological polar surface area (TPSA) is 58.6 Å². The number of nitrogens with zero attached hydrogens (tertiary/aromatic N) is 1. The Labute approximate surface area is 200 Å². The van der Waals surface area contributed by atoms with Crippen molar-refractivity contribution in [1.82, 2.24) is 5.32 Å². The standard InChI is InChI=1S/C19H12ClF9N2O3S/c1-34-8-31(16(33)30-15(32)14-10(20)3-2-4-11(14)21)13-6-5-9(7-12(13)22)35-19(28,29)17(23,24)18(25,26)27/h2-7H,8H2,1H3,(H,30,32,33). The average Bonchev–Trinajstić information content (AvgIpc) is 2.71. The minimum atomic E-state index is -6.58. The number of anilines is 1. The van der Waals surface area contributed by atoms with Crippen LogP contribution in [-0.4, -0.2) is 43.1 Å². The van der Waals surface area contributed by atoms with Crippen molar-refractivity contribution in [2.75, 3.05) is 18.7 Å². The Balaban J connectivity index is 2.30. The third-order valence-corrected chi connectivity index (χ3v) is 5.41. The van der Waals surface area contributed by atoms with Crippen LogP contribution in [0.2, 0.25) is 5.02 Å². The highest BCUT2D eigenvalue weighted by Crippen LogP contribution is 2.54. The number of halogens is 10. The van der Waals surface area contributed by atoms with E-state index in [-0.39, 0.29) is 11.1 Å². The summed E-state index contributed by atoms with van der Waals surface area (Å²) in [5.41, 5.74) is -1.47. The second-order valence-corrected chi connectivity index (χ2v) is 8.10. The SMILES string of the molecule is COCN(C(=O)NC(=O)c1c(F)cccc1Cl)c1ccc(SC(F)(F)C(F)(F)C(F)(F)F)cc1F. The van der Waals surface area contributed by atoms with Gasteiger partial charge in [-0.3, -0.25) is 15.0 Å². The van der Waals surface area contributed by atoms with E-state index in [4.69, 9.17) is 16.3 Å². The maximum Gasteiger partial charge on any atom is 0.460 e. The van der Waals surface area contributed by atoms with Crippen molar-refractivity contribution in [3.05, 3.63) is 58.6 Å². The summed E-state index contributed by atoms with van der Waals surface area (Å²) >= 11 is 4.47. The van der Waals surface area contributed by atoms with Crippen LogP contribution in [0.4, 0.5) is 50.0 Å². The lowest BCUT2D eigenvalue weighted by Gasteiger charge is -2.27. The molecule has 0 aliphatic heterocycles. The molecule has 192 valence electrons. The zero-order valence-electron chi connectivity index (χ0n) is 17.0. The summed E-state index contributed by atoms with van der Waals surface area (Å²) in [5.74, 6) is -10.4. The van der Waals surface area contributed by atoms with Gasteiger partial charge in [0.25, 0.3) is 5.91 Å². The third kappa shape index (κ3) is 6.13. The molecule has 1 N–H and O–H groups in total. The zero-order valence-corrected chi connectivity index (χ0v) is 18.6. The monoisotopic (exact) mass is 554 g/mol. The lowest BCUT2D eigenvalue weighted by molar-refractivity contribution is -0.330. The van der Waals surface area contributed by atoms with Crippen molar-refractivity contribution >= 4 is 41.0 Å². The molecule has 0 fully saturated rings. The fourth-order valence-corrected chi connectivity index (χ4v) is 3.54. The number of benzene rings is 2. The molecule has 0 unspecified atom stereocenters. The normalized spacial score (nSPS) is 12.4. The van der Waals surface area contributed by atoms with Crippen LogP contribution in [0.5, 0.6) is 0 Å². The van der Waals surface area contributed by atoms with Gasteiger partial charge in [-0.1, -0.05) is 17.7 Å². The van der Waals surface area contributed by atoms with Crippen LogP contribution in [0.15, 0.2) is 41.3 Å². The minimum absolute atomic E-state index is 0.172. The van der Waals surface area contributed by atoms with E-state index in [0.717, 1.165) is 19.2 Å². The van der Waals surface area contributed by atoms with Crippen molar-refractivity contribution in [3.8, 4) is 0 Å². The maximum absolute atomic E-state index is 14.6. The number of hydrogen-bond acceptors (Lipinski definition) is 4. The van der Waals surface area contributed by atoms with E-state index in [1.807, 2.05) is 0 Å². The zero-order chi connectivity index (χ0) is 26.8. The van der Waals surface area contributed by atoms with Crippen molar-refractivity contribution in [2.24, 2.45) is 0 Å². The van der Waals surface area contributed by atoms with Crippen molar-refractivity contribution in [2.45, 2.75) is 22.2 Å². The van der Waals surface area contributed by atoms with Gasteiger partial charge in [0.2, 0.25) is 0 Å². The van der Waals surface area contributed by atoms with E-state index < -0.39 is 75.6 Å². The van der Waals surface area contributed by atoms with Crippen molar-refractivity contribution < 1.29 is 53.8 Å². The van der Waals surface area contributed by atoms with E-state index in [9.17, 15) is 49.1 Å². The van der Waals surface area contributed by atoms with Crippen molar-refractivity contribution in [3.63, 3.8) is 0 Å². The number of methoxy groups -OCH3 is 1. The number of carbonyl (C=O) groups excluding carboxylic acids is 2. The van der Waals surface area contributed by atoms with Gasteiger partial charge in [-0.25, -0.2) is 13.6 Å². The van der Waals surface area contributed by atoms with Gasteiger partial charge in [0, 0.05) is 12.0 Å². The van der Waals surface area contributed by atoms with Gasteiger partial charge >= 0.3 is 23.4 Å². The number of alkyl halides is 7. The molecule has 2 aromatic rings. The molecule has 0 bridgehead atoms. The molecular formula is C19H12ClF9N2O3S. The molecule has 0 aliphatic carbocycles. The Bertz CT molecular complexity index is 1100. The Morgan fingerprint density at radius 2 is 1.66 bits per heavy atom. The first-order chi connectivity index (χ1) is 16.0. The number of rotatable bonds is 7. The van der Waals surface area contributed by atoms with Gasteiger partial charge in [-0.05, 0) is 42.1 Å². The summed E-state index contributed by atoms with van der Waals surface area (Å²) in [6, 6.07) is 3.09. The quantitative estimate of drug-likeness (QED) is 0.242. The number of nitrogens with one attached hydrogen (secondary N) is 1. The first kappa shape index (κ1) is 28.6. The second kappa shape index (κ2) is 10.5. The van der Waals surface area contributed by atoms with Gasteiger partial charge in [0.15, 0.2) is 0 Å². The lowest BCUT2D eigenvalue weighted by Crippen LogP contribution is -2.49. The molecule has 0 saturated carbocycles. The third-order valence-electron chi connectivity index (χ3n) is 4.09. The minimum Gasteiger partial charge on any atom is -0.364 e. The van der Waals surface area contributed by atoms with Crippen LogP contribution < -0.4 is 10.2 Å². The van der Waals surface area contributed by atoms with Crippen LogP contribution in [-0.2, 0) is 4.74 Å². The summed E-state index contributed by atoms with van der Waals surface area (Å²) in [7, 11) is 1.04. The number of ether oxygens (including phenoxy) is 1. The Morgan fingerprint density at radius 1 is 1.03 bits per heavy atom. The van der Waals surface area contributed by atoms with Gasteiger partial charge in [-0.2, -0.15) is 30.7 Å². The smallest absolute Gasteiger partial charge is 0.364 e. The highest BCUT2D eigenvalue weighted by atomic mass is 35.5. The fourth-order valence-electron chi connectivity index (χ4n) is 2.46. The molecule has 0 heterocycles. The van der Waals surface area contributed by atoms with Crippen LogP contribution in [0, 0.1) is 11.6 Å². The van der Waals surface area contributed by atoms with Gasteiger partial charge in [0.1, 0.15) is 18.4 Å². The Kier molecular flexibility index (Phi) is 8.61. The number of amides is 3. The Morgan fingerprint density at radius 3 is 2.17 bits per heavy atom. The summed E-state index contributed by atoms with van der Waals surface area (Å²) in [4.78, 5) is 24.1. The summed E-state index contributed by atoms with van der Waals surface area (Å²) in [6.07, 6.45) is -6.58. The van der Waals surface area contributed by atoms with E-state index in [0.29, 0.717) is 17.0 Å². The van der Waals surface area contributed by atoms with Crippen LogP contribution in [0.25, 0.3) is 0 Å². The molecule has 3 amide bonds. The molecular weight excluding hydrogens is 543 g/mol. The lowest BCUT2D eigenvalue weighted by atomic mass is 10.2. The maximum atomic E-state index is 14.6. The molecule has 0 atom stereocenters. The first-order valence-corrected chi connectivity index (χ1v) is 10.1. The number of imide groups is 1. The molecule has 0 spiro atoms. The average molecular weight is 555 g/mol. The molecule has 0 radical (unpaired) electrons. The van der Waals surface area contributed by atoms with E-state index >= 15 is 0 Å². The molecule has 5 nitrogen and oxygen atoms in total. The fraction of sp³-hybridized carbons (Fsp3) is 0.263. The van der Waals surface area contributed by atoms with Gasteiger partial charge < -0.3 is 4.74 Å². The van der Waals surface area contributed by atoms with Crippen molar-refractivity contribution in [1.29, 1.82) is 0 Å². The van der Waals surface area contributed by atoms with Crippen LogP contribution >= 0.6 is 23.4 Å². The predicted octanol–water partition coefficient (Wildman–Crippen LogP) is 6.46. The predicted molar refractivity (Wildman–Crippen MR) is 107 cm³/mol. The molecule has 0 aliphatic rings. The summed E-state index contributed by atoms with van der Waals surface area (Å²) < 4.78 is 123. The second-order valence-electron chi connectivity index (χ2n) is 6.51. The van der Waals surface area contributed by atoms with Gasteiger partial charge in [0.05, 0.1) is 16.3 Å². The summed E-state index contributed by atoms with van der Waals surface area (Å²) in [5, 5.41) is -4.36. The number of urea groups is 1. The van der Waals surface area contributed by atoms with E-state index in [1.165, 1.54) is 6.07 Å². The molecule has 2 aromatic carbocycles. The Hall–Kier alpha value is -2.65. The highest BCUT2D eigenvalue weighted by molar-refractivity contribution is 8.00. The highest BCUT2D eigenvalue weighted by Gasteiger charge is 2.73. The van der Waals surface area contributed by atoms with Crippen LogP contribution in [0.3, 0.4) is 0 Å². The molecule has 2 rings (SSSR count).